The molecule has 2 aromatic carbocycles. The summed E-state index contributed by atoms with van der Waals surface area (Å²) in [7, 11) is 0. The second kappa shape index (κ2) is 11.0. The van der Waals surface area contributed by atoms with E-state index in [0.717, 1.165) is 53.0 Å². The molecule has 42 heavy (non-hydrogen) atoms. The lowest BCUT2D eigenvalue weighted by atomic mass is 10.1. The molecular formula is C32H36N6O4. The number of hydrogen-bond donors (Lipinski definition) is 1. The summed E-state index contributed by atoms with van der Waals surface area (Å²) in [6.07, 6.45) is 3.94. The molecule has 4 heterocycles. The fourth-order valence-electron chi connectivity index (χ4n) is 5.53. The van der Waals surface area contributed by atoms with E-state index in [0.29, 0.717) is 43.5 Å². The van der Waals surface area contributed by atoms with Crippen LogP contribution >= 0.6 is 0 Å². The van der Waals surface area contributed by atoms with E-state index in [9.17, 15) is 9.59 Å². The molecule has 0 saturated heterocycles. The Balaban J connectivity index is 1.44. The Bertz CT molecular complexity index is 1710. The predicted molar refractivity (Wildman–Crippen MR) is 165 cm³/mol. The number of anilines is 5. The summed E-state index contributed by atoms with van der Waals surface area (Å²) in [5.41, 5.74) is 3.63. The number of para-hydroxylation sites is 1. The normalized spacial score (nSPS) is 15.4. The smallest absolute Gasteiger partial charge is 0.414 e. The summed E-state index contributed by atoms with van der Waals surface area (Å²) in [5, 5.41) is 4.02. The minimum absolute atomic E-state index is 0.129. The molecule has 1 N–H and O–H groups in total. The number of hydrogen-bond acceptors (Lipinski definition) is 8. The van der Waals surface area contributed by atoms with Gasteiger partial charge in [-0.1, -0.05) is 18.2 Å². The third-order valence-corrected chi connectivity index (χ3v) is 7.42. The van der Waals surface area contributed by atoms with Crippen molar-refractivity contribution in [3.63, 3.8) is 0 Å². The van der Waals surface area contributed by atoms with Gasteiger partial charge >= 0.3 is 6.09 Å². The van der Waals surface area contributed by atoms with Crippen molar-refractivity contribution in [2.24, 2.45) is 0 Å². The molecule has 0 unspecified atom stereocenters. The van der Waals surface area contributed by atoms with Crippen LogP contribution in [0, 0.1) is 6.92 Å². The fraction of sp³-hybridized carbons (Fsp3) is 0.375. The van der Waals surface area contributed by atoms with E-state index in [1.165, 1.54) is 0 Å². The zero-order valence-corrected chi connectivity index (χ0v) is 24.5. The van der Waals surface area contributed by atoms with Crippen LogP contribution in [0.3, 0.4) is 0 Å². The average Bonchev–Trinajstić information content (AvgIpc) is 2.94. The molecule has 0 atom stereocenters. The maximum atomic E-state index is 14.2. The predicted octanol–water partition coefficient (Wildman–Crippen LogP) is 6.30. The Labute approximate surface area is 244 Å². The lowest BCUT2D eigenvalue weighted by molar-refractivity contribution is 0.0580. The molecule has 2 aromatic heterocycles. The van der Waals surface area contributed by atoms with E-state index in [1.807, 2.05) is 81.1 Å². The van der Waals surface area contributed by atoms with Gasteiger partial charge in [-0.3, -0.25) is 14.3 Å². The third-order valence-electron chi connectivity index (χ3n) is 7.42. The molecule has 0 radical (unpaired) electrons. The van der Waals surface area contributed by atoms with Gasteiger partial charge in [-0.2, -0.15) is 4.98 Å². The minimum atomic E-state index is -0.621. The first-order valence-electron chi connectivity index (χ1n) is 14.5. The molecule has 6 rings (SSSR count). The molecule has 10 heteroatoms. The van der Waals surface area contributed by atoms with Crippen LogP contribution in [-0.4, -0.2) is 45.9 Å². The topological polar surface area (TPSA) is 102 Å². The highest BCUT2D eigenvalue weighted by Crippen LogP contribution is 2.40. The molecule has 218 valence electrons. The first kappa shape index (κ1) is 27.6. The number of ether oxygens (including phenoxy) is 2. The zero-order valence-electron chi connectivity index (χ0n) is 24.5. The van der Waals surface area contributed by atoms with Crippen LogP contribution in [0.4, 0.5) is 33.5 Å². The maximum Gasteiger partial charge on any atom is 0.414 e. The summed E-state index contributed by atoms with van der Waals surface area (Å²) >= 11 is 0. The van der Waals surface area contributed by atoms with Gasteiger partial charge in [0.05, 0.1) is 18.0 Å². The second-order valence-corrected chi connectivity index (χ2v) is 11.7. The third kappa shape index (κ3) is 5.48. The summed E-state index contributed by atoms with van der Waals surface area (Å²) in [6, 6.07) is 15.4. The van der Waals surface area contributed by atoms with Gasteiger partial charge in [-0.15, -0.1) is 0 Å². The van der Waals surface area contributed by atoms with Crippen molar-refractivity contribution in [1.82, 2.24) is 14.5 Å². The van der Waals surface area contributed by atoms with Crippen LogP contribution in [0.2, 0.25) is 0 Å². The monoisotopic (exact) mass is 568 g/mol. The molecule has 4 bridgehead atoms. The molecular weight excluding hydrogens is 532 g/mol. The number of fused-ring (bicyclic) bond motifs is 4. The van der Waals surface area contributed by atoms with Crippen LogP contribution < -0.4 is 25.4 Å². The van der Waals surface area contributed by atoms with Gasteiger partial charge in [-0.05, 0) is 76.8 Å². The molecule has 10 nitrogen and oxygen atoms in total. The quantitative estimate of drug-likeness (QED) is 0.286. The van der Waals surface area contributed by atoms with Gasteiger partial charge in [0, 0.05) is 43.0 Å². The van der Waals surface area contributed by atoms with Crippen LogP contribution in [0.15, 0.2) is 59.5 Å². The van der Waals surface area contributed by atoms with Crippen LogP contribution in [-0.2, 0) is 11.3 Å². The number of rotatable bonds is 1. The molecule has 0 aliphatic carbocycles. The number of nitrogens with zero attached hydrogens (tertiary/aromatic N) is 5. The molecule has 0 fully saturated rings. The fourth-order valence-corrected chi connectivity index (χ4v) is 5.53. The first-order valence-corrected chi connectivity index (χ1v) is 14.5. The molecule has 0 saturated carbocycles. The van der Waals surface area contributed by atoms with Crippen molar-refractivity contribution < 1.29 is 14.3 Å². The summed E-state index contributed by atoms with van der Waals surface area (Å²) < 4.78 is 13.4. The van der Waals surface area contributed by atoms with Gasteiger partial charge in [-0.25, -0.2) is 9.78 Å². The van der Waals surface area contributed by atoms with Crippen LogP contribution in [0.1, 0.15) is 45.6 Å². The molecule has 4 aromatic rings. The van der Waals surface area contributed by atoms with Crippen molar-refractivity contribution in [2.45, 2.75) is 59.1 Å². The zero-order chi connectivity index (χ0) is 29.4. The van der Waals surface area contributed by atoms with Gasteiger partial charge in [0.25, 0.3) is 5.56 Å². The van der Waals surface area contributed by atoms with Gasteiger partial charge in [0.15, 0.2) is 0 Å². The number of aryl methyl sites for hydroxylation is 2. The number of pyridine rings is 1. The van der Waals surface area contributed by atoms with Crippen molar-refractivity contribution >= 4 is 45.8 Å². The number of carbonyl (C=O) groups excluding carboxylic acids is 1. The van der Waals surface area contributed by atoms with Crippen LogP contribution in [0.25, 0.3) is 11.0 Å². The second-order valence-electron chi connectivity index (χ2n) is 11.7. The maximum absolute atomic E-state index is 14.2. The average molecular weight is 569 g/mol. The summed E-state index contributed by atoms with van der Waals surface area (Å²) in [4.78, 5) is 40.5. The Morgan fingerprint density at radius 1 is 1.00 bits per heavy atom. The first-order chi connectivity index (χ1) is 20.2. The largest absolute Gasteiger partial charge is 0.494 e. The Kier molecular flexibility index (Phi) is 7.22. The van der Waals surface area contributed by atoms with Crippen molar-refractivity contribution in [2.75, 3.05) is 34.8 Å². The highest BCUT2D eigenvalue weighted by Gasteiger charge is 2.33. The summed E-state index contributed by atoms with van der Waals surface area (Å²) in [5.74, 6) is 1.20. The molecule has 1 amide bonds. The lowest BCUT2D eigenvalue weighted by Gasteiger charge is -2.39. The highest BCUT2D eigenvalue weighted by atomic mass is 16.6. The Hall–Kier alpha value is -4.60. The number of amides is 1. The van der Waals surface area contributed by atoms with E-state index >= 15 is 0 Å². The standard InChI is InChI=1S/C32H36N6O4/c1-21-10-8-13-25-27(21)37(31(40)42-32(2,3)4)16-15-36(25)26-18-22-20-33-30-34-23-11-9-12-24(19-23)41-17-7-5-6-14-38(29(26)39)28(22)35-30/h8-13,18-20H,5-7,14-17H2,1-4H3,(H,33,34,35). The van der Waals surface area contributed by atoms with Crippen LogP contribution in [0.5, 0.6) is 5.75 Å². The minimum Gasteiger partial charge on any atom is -0.494 e. The molecule has 0 spiro atoms. The Morgan fingerprint density at radius 2 is 1.83 bits per heavy atom. The van der Waals surface area contributed by atoms with Crippen molar-refractivity contribution in [3.8, 4) is 5.75 Å². The highest BCUT2D eigenvalue weighted by molar-refractivity contribution is 5.97. The van der Waals surface area contributed by atoms with E-state index in [2.05, 4.69) is 10.3 Å². The number of benzene rings is 2. The van der Waals surface area contributed by atoms with E-state index in [1.54, 1.807) is 15.7 Å². The molecule has 2 aliphatic heterocycles. The van der Waals surface area contributed by atoms with Crippen molar-refractivity contribution in [3.05, 3.63) is 70.6 Å². The number of aromatic nitrogens is 3. The number of carbonyl (C=O) groups is 1. The summed E-state index contributed by atoms with van der Waals surface area (Å²) in [6.45, 7) is 9.48. The molecule has 2 aliphatic rings. The van der Waals surface area contributed by atoms with E-state index in [-0.39, 0.29) is 5.56 Å². The van der Waals surface area contributed by atoms with Gasteiger partial charge < -0.3 is 19.7 Å². The SMILES string of the molecule is Cc1cccc2c1N(C(=O)OC(C)(C)C)CCN2c1cc2cnc3nc2n(c1=O)CCCCCOc1cccc(c1)N3. The number of nitrogens with one attached hydrogen (secondary N) is 1. The van der Waals surface area contributed by atoms with Crippen molar-refractivity contribution in [1.29, 1.82) is 0 Å². The Morgan fingerprint density at radius 3 is 2.67 bits per heavy atom. The van der Waals surface area contributed by atoms with E-state index in [4.69, 9.17) is 14.5 Å². The van der Waals surface area contributed by atoms with E-state index < -0.39 is 11.7 Å². The van der Waals surface area contributed by atoms with Gasteiger partial charge in [0.1, 0.15) is 22.7 Å². The van der Waals surface area contributed by atoms with Gasteiger partial charge in [0.2, 0.25) is 5.95 Å². The lowest BCUT2D eigenvalue weighted by Crippen LogP contribution is -2.46.